The minimum atomic E-state index is -0.221. The summed E-state index contributed by atoms with van der Waals surface area (Å²) in [5.74, 6) is 1.00. The second kappa shape index (κ2) is 7.56. The largest absolute Gasteiger partial charge is 0.493 e. The number of aromatic nitrogens is 1. The SMILES string of the molecule is COc1cc(/C=N\NC(C)=O)ccc1OCc1csc(C)n1. The topological polar surface area (TPSA) is 72.8 Å². The van der Waals surface area contributed by atoms with E-state index in [0.717, 1.165) is 16.3 Å². The molecule has 0 bridgehead atoms. The zero-order valence-electron chi connectivity index (χ0n) is 12.6. The van der Waals surface area contributed by atoms with Gasteiger partial charge in [0.1, 0.15) is 6.61 Å². The van der Waals surface area contributed by atoms with Crippen molar-refractivity contribution in [2.45, 2.75) is 20.5 Å². The van der Waals surface area contributed by atoms with Crippen molar-refractivity contribution in [3.8, 4) is 11.5 Å². The van der Waals surface area contributed by atoms with Gasteiger partial charge in [-0.25, -0.2) is 10.4 Å². The Morgan fingerprint density at radius 3 is 2.91 bits per heavy atom. The number of methoxy groups -OCH3 is 1. The average Bonchev–Trinajstić information content (AvgIpc) is 2.91. The molecule has 116 valence electrons. The van der Waals surface area contributed by atoms with Gasteiger partial charge in [-0.1, -0.05) is 0 Å². The van der Waals surface area contributed by atoms with Crippen LogP contribution in [0.5, 0.6) is 11.5 Å². The molecule has 1 aromatic heterocycles. The molecule has 1 amide bonds. The second-order valence-corrected chi connectivity index (χ2v) is 5.55. The Kier molecular flexibility index (Phi) is 5.48. The van der Waals surface area contributed by atoms with Crippen LogP contribution in [0.1, 0.15) is 23.2 Å². The Bertz CT molecular complexity index is 682. The molecule has 22 heavy (non-hydrogen) atoms. The first-order chi connectivity index (χ1) is 10.6. The number of benzene rings is 1. The van der Waals surface area contributed by atoms with E-state index in [9.17, 15) is 4.79 Å². The minimum Gasteiger partial charge on any atom is -0.493 e. The summed E-state index contributed by atoms with van der Waals surface area (Å²) in [6, 6.07) is 5.41. The molecule has 0 aliphatic rings. The maximum absolute atomic E-state index is 10.8. The Morgan fingerprint density at radius 1 is 1.45 bits per heavy atom. The highest BCUT2D eigenvalue weighted by molar-refractivity contribution is 7.09. The summed E-state index contributed by atoms with van der Waals surface area (Å²) in [6.07, 6.45) is 1.54. The second-order valence-electron chi connectivity index (χ2n) is 4.48. The van der Waals surface area contributed by atoms with Gasteiger partial charge < -0.3 is 9.47 Å². The van der Waals surface area contributed by atoms with Crippen molar-refractivity contribution in [2.24, 2.45) is 5.10 Å². The van der Waals surface area contributed by atoms with E-state index in [-0.39, 0.29) is 5.91 Å². The van der Waals surface area contributed by atoms with Crippen LogP contribution in [0.25, 0.3) is 0 Å². The van der Waals surface area contributed by atoms with Crippen molar-refractivity contribution in [3.05, 3.63) is 39.8 Å². The number of nitrogens with one attached hydrogen (secondary N) is 1. The number of hydrogen-bond donors (Lipinski definition) is 1. The number of carbonyl (C=O) groups excluding carboxylic acids is 1. The van der Waals surface area contributed by atoms with Crippen LogP contribution in [0.15, 0.2) is 28.7 Å². The van der Waals surface area contributed by atoms with Crippen molar-refractivity contribution in [2.75, 3.05) is 7.11 Å². The molecule has 0 radical (unpaired) electrons. The van der Waals surface area contributed by atoms with Gasteiger partial charge in [-0.2, -0.15) is 5.10 Å². The predicted molar refractivity (Wildman–Crippen MR) is 85.6 cm³/mol. The molecule has 0 saturated heterocycles. The van der Waals surface area contributed by atoms with Gasteiger partial charge in [0.25, 0.3) is 0 Å². The highest BCUT2D eigenvalue weighted by atomic mass is 32.1. The molecule has 0 unspecified atom stereocenters. The van der Waals surface area contributed by atoms with Crippen molar-refractivity contribution in [3.63, 3.8) is 0 Å². The quantitative estimate of drug-likeness (QED) is 0.656. The van der Waals surface area contributed by atoms with Gasteiger partial charge in [-0.3, -0.25) is 4.79 Å². The lowest BCUT2D eigenvalue weighted by atomic mass is 10.2. The highest BCUT2D eigenvalue weighted by Gasteiger charge is 2.07. The van der Waals surface area contributed by atoms with E-state index in [1.807, 2.05) is 18.4 Å². The van der Waals surface area contributed by atoms with Crippen molar-refractivity contribution < 1.29 is 14.3 Å². The van der Waals surface area contributed by atoms with Gasteiger partial charge >= 0.3 is 0 Å². The Hall–Kier alpha value is -2.41. The number of thiazole rings is 1. The third kappa shape index (κ3) is 4.56. The molecular weight excluding hydrogens is 302 g/mol. The third-order valence-electron chi connectivity index (χ3n) is 2.67. The molecule has 1 N–H and O–H groups in total. The maximum atomic E-state index is 10.8. The lowest BCUT2D eigenvalue weighted by Gasteiger charge is -2.10. The lowest BCUT2D eigenvalue weighted by molar-refractivity contribution is -0.118. The Morgan fingerprint density at radius 2 is 2.27 bits per heavy atom. The first-order valence-electron chi connectivity index (χ1n) is 6.60. The van der Waals surface area contributed by atoms with E-state index >= 15 is 0 Å². The van der Waals surface area contributed by atoms with Gasteiger partial charge in [0.2, 0.25) is 5.91 Å². The van der Waals surface area contributed by atoms with E-state index in [4.69, 9.17) is 9.47 Å². The van der Waals surface area contributed by atoms with Crippen LogP contribution < -0.4 is 14.9 Å². The van der Waals surface area contributed by atoms with Gasteiger partial charge in [0.05, 0.1) is 24.0 Å². The van der Waals surface area contributed by atoms with Crippen LogP contribution in [-0.4, -0.2) is 24.2 Å². The molecule has 0 aliphatic carbocycles. The summed E-state index contributed by atoms with van der Waals surface area (Å²) >= 11 is 1.59. The molecule has 6 nitrogen and oxygen atoms in total. The fourth-order valence-electron chi connectivity index (χ4n) is 1.71. The summed E-state index contributed by atoms with van der Waals surface area (Å²) in [5.41, 5.74) is 4.03. The number of carbonyl (C=O) groups is 1. The lowest BCUT2D eigenvalue weighted by Crippen LogP contribution is -2.12. The van der Waals surface area contributed by atoms with E-state index in [1.165, 1.54) is 13.1 Å². The van der Waals surface area contributed by atoms with Gasteiger partial charge in [-0.05, 0) is 30.7 Å². The van der Waals surface area contributed by atoms with Crippen molar-refractivity contribution in [1.29, 1.82) is 0 Å². The predicted octanol–water partition coefficient (Wildman–Crippen LogP) is 2.51. The molecule has 7 heteroatoms. The molecule has 0 aliphatic heterocycles. The molecular formula is C15H17N3O3S. The highest BCUT2D eigenvalue weighted by Crippen LogP contribution is 2.28. The fourth-order valence-corrected chi connectivity index (χ4v) is 2.30. The number of hydrazone groups is 1. The molecule has 1 heterocycles. The summed E-state index contributed by atoms with van der Waals surface area (Å²) in [4.78, 5) is 15.1. The van der Waals surface area contributed by atoms with Crippen LogP contribution in [0, 0.1) is 6.92 Å². The molecule has 1 aromatic carbocycles. The summed E-state index contributed by atoms with van der Waals surface area (Å²) in [6.45, 7) is 3.74. The molecule has 0 saturated carbocycles. The minimum absolute atomic E-state index is 0.221. The maximum Gasteiger partial charge on any atom is 0.236 e. The number of nitrogens with zero attached hydrogens (tertiary/aromatic N) is 2. The smallest absolute Gasteiger partial charge is 0.236 e. The van der Waals surface area contributed by atoms with Crippen LogP contribution in [0.4, 0.5) is 0 Å². The van der Waals surface area contributed by atoms with Gasteiger partial charge in [-0.15, -0.1) is 11.3 Å². The zero-order valence-corrected chi connectivity index (χ0v) is 13.4. The first kappa shape index (κ1) is 16.0. The molecule has 0 atom stereocenters. The van der Waals surface area contributed by atoms with Gasteiger partial charge in [0, 0.05) is 12.3 Å². The monoisotopic (exact) mass is 319 g/mol. The Labute approximate surface area is 132 Å². The van der Waals surface area contributed by atoms with Crippen molar-refractivity contribution in [1.82, 2.24) is 10.4 Å². The van der Waals surface area contributed by atoms with Crippen LogP contribution >= 0.6 is 11.3 Å². The van der Waals surface area contributed by atoms with E-state index in [0.29, 0.717) is 18.1 Å². The van der Waals surface area contributed by atoms with E-state index < -0.39 is 0 Å². The molecule has 0 spiro atoms. The van der Waals surface area contributed by atoms with E-state index in [1.54, 1.807) is 30.6 Å². The number of hydrogen-bond acceptors (Lipinski definition) is 6. The molecule has 2 aromatic rings. The van der Waals surface area contributed by atoms with Gasteiger partial charge in [0.15, 0.2) is 11.5 Å². The summed E-state index contributed by atoms with van der Waals surface area (Å²) < 4.78 is 11.0. The third-order valence-corrected chi connectivity index (χ3v) is 3.49. The zero-order chi connectivity index (χ0) is 15.9. The standard InChI is InChI=1S/C15H17N3O3S/c1-10(19)18-16-7-12-4-5-14(15(6-12)20-3)21-8-13-9-22-11(2)17-13/h4-7,9H,8H2,1-3H3,(H,18,19)/b16-7-. The van der Waals surface area contributed by atoms with Crippen LogP contribution in [0.3, 0.4) is 0 Å². The van der Waals surface area contributed by atoms with E-state index in [2.05, 4.69) is 15.5 Å². The molecule has 0 fully saturated rings. The number of ether oxygens (including phenoxy) is 2. The normalized spacial score (nSPS) is 10.7. The van der Waals surface area contributed by atoms with Crippen LogP contribution in [-0.2, 0) is 11.4 Å². The molecule has 2 rings (SSSR count). The first-order valence-corrected chi connectivity index (χ1v) is 7.48. The summed E-state index contributed by atoms with van der Waals surface area (Å²) in [5, 5.41) is 6.79. The average molecular weight is 319 g/mol. The summed E-state index contributed by atoms with van der Waals surface area (Å²) in [7, 11) is 1.57. The van der Waals surface area contributed by atoms with Crippen LogP contribution in [0.2, 0.25) is 0 Å². The van der Waals surface area contributed by atoms with Crippen molar-refractivity contribution >= 4 is 23.5 Å². The number of rotatable bonds is 6. The number of amides is 1. The Balaban J connectivity index is 2.05. The number of aryl methyl sites for hydroxylation is 1. The fraction of sp³-hybridized carbons (Fsp3) is 0.267.